The van der Waals surface area contributed by atoms with Crippen molar-refractivity contribution in [2.24, 2.45) is 0 Å². The van der Waals surface area contributed by atoms with Crippen molar-refractivity contribution in [2.75, 3.05) is 0 Å². The van der Waals surface area contributed by atoms with Crippen LogP contribution in [-0.2, 0) is 0 Å². The van der Waals surface area contributed by atoms with Crippen LogP contribution < -0.4 is 0 Å². The van der Waals surface area contributed by atoms with Crippen LogP contribution in [0.25, 0.3) is 11.3 Å². The molecule has 5 heteroatoms. The number of nitrogens with zero attached hydrogens (tertiary/aromatic N) is 2. The largest absolute Gasteiger partial charge is 0.478 e. The van der Waals surface area contributed by atoms with Gasteiger partial charge in [-0.2, -0.15) is 0 Å². The summed E-state index contributed by atoms with van der Waals surface area (Å²) in [7, 11) is 0. The smallest absolute Gasteiger partial charge is 0.339 e. The summed E-state index contributed by atoms with van der Waals surface area (Å²) < 4.78 is 0. The van der Waals surface area contributed by atoms with E-state index in [0.717, 1.165) is 0 Å². The first-order valence-corrected chi connectivity index (χ1v) is 4.87. The monoisotopic (exact) mass is 234 g/mol. The molecule has 80 valence electrons. The van der Waals surface area contributed by atoms with Crippen molar-refractivity contribution in [1.29, 1.82) is 0 Å². The number of carboxylic acid groups (broad SMARTS) is 1. The van der Waals surface area contributed by atoms with Crippen LogP contribution in [0.3, 0.4) is 0 Å². The topological polar surface area (TPSA) is 63.1 Å². The first kappa shape index (κ1) is 10.6. The molecule has 1 N–H and O–H groups in total. The van der Waals surface area contributed by atoms with Gasteiger partial charge in [-0.15, -0.1) is 0 Å². The Kier molecular flexibility index (Phi) is 2.83. The third-order valence-corrected chi connectivity index (χ3v) is 2.22. The summed E-state index contributed by atoms with van der Waals surface area (Å²) in [5.74, 6) is -1.07. The van der Waals surface area contributed by atoms with Gasteiger partial charge in [0.15, 0.2) is 0 Å². The van der Waals surface area contributed by atoms with Gasteiger partial charge in [-0.1, -0.05) is 30.3 Å². The zero-order valence-electron chi connectivity index (χ0n) is 8.09. The second kappa shape index (κ2) is 4.28. The second-order valence-electron chi connectivity index (χ2n) is 3.07. The van der Waals surface area contributed by atoms with Gasteiger partial charge in [-0.25, -0.2) is 14.8 Å². The molecule has 1 heterocycles. The Labute approximate surface area is 96.6 Å². The van der Waals surface area contributed by atoms with Gasteiger partial charge in [-0.3, -0.25) is 0 Å². The number of carboxylic acids is 1. The van der Waals surface area contributed by atoms with E-state index < -0.39 is 5.97 Å². The standard InChI is InChI=1S/C11H7ClN2O2/c12-11-13-6-8(10(15)16)9(14-11)7-4-2-1-3-5-7/h1-6H,(H,15,16). The van der Waals surface area contributed by atoms with E-state index in [9.17, 15) is 4.79 Å². The highest BCUT2D eigenvalue weighted by molar-refractivity contribution is 6.28. The van der Waals surface area contributed by atoms with Gasteiger partial charge in [0.1, 0.15) is 5.56 Å². The molecule has 0 atom stereocenters. The molecule has 0 amide bonds. The Morgan fingerprint density at radius 1 is 1.25 bits per heavy atom. The van der Waals surface area contributed by atoms with Gasteiger partial charge in [0.25, 0.3) is 0 Å². The first-order chi connectivity index (χ1) is 7.68. The molecule has 2 aromatic rings. The predicted octanol–water partition coefficient (Wildman–Crippen LogP) is 2.50. The van der Waals surface area contributed by atoms with Gasteiger partial charge in [-0.05, 0) is 11.6 Å². The number of halogens is 1. The highest BCUT2D eigenvalue weighted by Crippen LogP contribution is 2.21. The van der Waals surface area contributed by atoms with E-state index >= 15 is 0 Å². The summed E-state index contributed by atoms with van der Waals surface area (Å²) in [6, 6.07) is 8.98. The Morgan fingerprint density at radius 3 is 2.56 bits per heavy atom. The summed E-state index contributed by atoms with van der Waals surface area (Å²) in [4.78, 5) is 18.6. The molecule has 0 saturated carbocycles. The maximum Gasteiger partial charge on any atom is 0.339 e. The van der Waals surface area contributed by atoms with Gasteiger partial charge >= 0.3 is 5.97 Å². The number of aromatic carboxylic acids is 1. The SMILES string of the molecule is O=C(O)c1cnc(Cl)nc1-c1ccccc1. The van der Waals surface area contributed by atoms with Crippen LogP contribution in [0, 0.1) is 0 Å². The molecule has 1 aromatic heterocycles. The summed E-state index contributed by atoms with van der Waals surface area (Å²) in [5, 5.41) is 9.03. The number of hydrogen-bond acceptors (Lipinski definition) is 3. The maximum atomic E-state index is 11.0. The fraction of sp³-hybridized carbons (Fsp3) is 0. The van der Waals surface area contributed by atoms with Crippen LogP contribution in [0.1, 0.15) is 10.4 Å². The molecule has 0 aliphatic heterocycles. The lowest BCUT2D eigenvalue weighted by molar-refractivity contribution is 0.0697. The van der Waals surface area contributed by atoms with E-state index in [1.807, 2.05) is 6.07 Å². The quantitative estimate of drug-likeness (QED) is 0.811. The highest BCUT2D eigenvalue weighted by atomic mass is 35.5. The summed E-state index contributed by atoms with van der Waals surface area (Å²) in [6.07, 6.45) is 1.21. The van der Waals surface area contributed by atoms with Crippen LogP contribution >= 0.6 is 11.6 Å². The minimum atomic E-state index is -1.07. The van der Waals surface area contributed by atoms with E-state index in [2.05, 4.69) is 9.97 Å². The Bertz CT molecular complexity index is 529. The molecule has 0 aliphatic rings. The molecule has 0 radical (unpaired) electrons. The van der Waals surface area contributed by atoms with Crippen molar-refractivity contribution in [2.45, 2.75) is 0 Å². The maximum absolute atomic E-state index is 11.0. The van der Waals surface area contributed by atoms with Crippen molar-refractivity contribution in [3.8, 4) is 11.3 Å². The number of hydrogen-bond donors (Lipinski definition) is 1. The summed E-state index contributed by atoms with van der Waals surface area (Å²) in [5.41, 5.74) is 1.06. The van der Waals surface area contributed by atoms with Crippen molar-refractivity contribution in [3.63, 3.8) is 0 Å². The van der Waals surface area contributed by atoms with Crippen LogP contribution in [0.5, 0.6) is 0 Å². The summed E-state index contributed by atoms with van der Waals surface area (Å²) in [6.45, 7) is 0. The Morgan fingerprint density at radius 2 is 1.94 bits per heavy atom. The van der Waals surface area contributed by atoms with E-state index in [-0.39, 0.29) is 10.8 Å². The molecule has 0 saturated heterocycles. The predicted molar refractivity (Wildman–Crippen MR) is 59.4 cm³/mol. The van der Waals surface area contributed by atoms with E-state index in [1.165, 1.54) is 6.20 Å². The molecule has 0 bridgehead atoms. The average molecular weight is 235 g/mol. The molecule has 1 aromatic carbocycles. The third kappa shape index (κ3) is 2.01. The van der Waals surface area contributed by atoms with E-state index in [4.69, 9.17) is 16.7 Å². The zero-order valence-corrected chi connectivity index (χ0v) is 8.85. The number of benzene rings is 1. The zero-order chi connectivity index (χ0) is 11.5. The minimum Gasteiger partial charge on any atom is -0.478 e. The number of rotatable bonds is 2. The second-order valence-corrected chi connectivity index (χ2v) is 3.41. The highest BCUT2D eigenvalue weighted by Gasteiger charge is 2.14. The third-order valence-electron chi connectivity index (χ3n) is 2.04. The van der Waals surface area contributed by atoms with Crippen molar-refractivity contribution < 1.29 is 9.90 Å². The van der Waals surface area contributed by atoms with Crippen molar-refractivity contribution in [3.05, 3.63) is 47.4 Å². The fourth-order valence-electron chi connectivity index (χ4n) is 1.33. The normalized spacial score (nSPS) is 10.1. The Hall–Kier alpha value is -1.94. The molecule has 16 heavy (non-hydrogen) atoms. The molecule has 0 fully saturated rings. The van der Waals surface area contributed by atoms with Gasteiger partial charge in [0.2, 0.25) is 5.28 Å². The lowest BCUT2D eigenvalue weighted by Crippen LogP contribution is -2.03. The summed E-state index contributed by atoms with van der Waals surface area (Å²) >= 11 is 5.66. The van der Waals surface area contributed by atoms with Gasteiger partial charge in [0, 0.05) is 11.8 Å². The number of aromatic nitrogens is 2. The Balaban J connectivity index is 2.63. The molecule has 0 aliphatic carbocycles. The average Bonchev–Trinajstić information content (AvgIpc) is 2.29. The molecular formula is C11H7ClN2O2. The van der Waals surface area contributed by atoms with Gasteiger partial charge in [0.05, 0.1) is 5.69 Å². The van der Waals surface area contributed by atoms with Crippen LogP contribution in [0.2, 0.25) is 5.28 Å². The molecule has 4 nitrogen and oxygen atoms in total. The molecule has 0 unspecified atom stereocenters. The van der Waals surface area contributed by atoms with Crippen LogP contribution in [0.4, 0.5) is 0 Å². The molecular weight excluding hydrogens is 228 g/mol. The van der Waals surface area contributed by atoms with Crippen LogP contribution in [-0.4, -0.2) is 21.0 Å². The molecule has 2 rings (SSSR count). The van der Waals surface area contributed by atoms with Gasteiger partial charge < -0.3 is 5.11 Å². The minimum absolute atomic E-state index is 0.0313. The van der Waals surface area contributed by atoms with Crippen molar-refractivity contribution >= 4 is 17.6 Å². The number of carbonyl (C=O) groups is 1. The van der Waals surface area contributed by atoms with Crippen molar-refractivity contribution in [1.82, 2.24) is 9.97 Å². The molecule has 0 spiro atoms. The fourth-order valence-corrected chi connectivity index (χ4v) is 1.47. The first-order valence-electron chi connectivity index (χ1n) is 4.50. The lowest BCUT2D eigenvalue weighted by Gasteiger charge is -2.04. The van der Waals surface area contributed by atoms with E-state index in [0.29, 0.717) is 11.3 Å². The van der Waals surface area contributed by atoms with E-state index in [1.54, 1.807) is 24.3 Å². The lowest BCUT2D eigenvalue weighted by atomic mass is 10.1. The van der Waals surface area contributed by atoms with Crippen LogP contribution in [0.15, 0.2) is 36.5 Å².